The van der Waals surface area contributed by atoms with Gasteiger partial charge in [0.2, 0.25) is 17.7 Å². The molecule has 1 unspecified atom stereocenters. The highest BCUT2D eigenvalue weighted by atomic mass is 32.2. The molecule has 0 heterocycles. The number of benzene rings is 2. The van der Waals surface area contributed by atoms with Crippen molar-refractivity contribution in [3.63, 3.8) is 0 Å². The lowest BCUT2D eigenvalue weighted by Crippen LogP contribution is -2.22. The Hall–Kier alpha value is -3.33. The summed E-state index contributed by atoms with van der Waals surface area (Å²) in [7, 11) is 0. The van der Waals surface area contributed by atoms with Crippen LogP contribution < -0.4 is 16.0 Å². The Morgan fingerprint density at radius 1 is 0.900 bits per heavy atom. The molecule has 2 rings (SSSR count). The fraction of sp³-hybridized carbons (Fsp3) is 0.238. The van der Waals surface area contributed by atoms with Crippen LogP contribution in [-0.4, -0.2) is 34.0 Å². The molecular formula is C21H23N3O5S. The number of amides is 3. The Morgan fingerprint density at radius 2 is 1.53 bits per heavy atom. The topological polar surface area (TPSA) is 125 Å². The van der Waals surface area contributed by atoms with E-state index in [0.29, 0.717) is 17.1 Å². The zero-order valence-corrected chi connectivity index (χ0v) is 17.4. The average Bonchev–Trinajstić information content (AvgIpc) is 2.67. The number of carboxylic acid groups (broad SMARTS) is 1. The molecule has 0 bridgehead atoms. The van der Waals surface area contributed by atoms with Crippen LogP contribution in [0.5, 0.6) is 0 Å². The first-order valence-corrected chi connectivity index (χ1v) is 10.1. The van der Waals surface area contributed by atoms with Crippen molar-refractivity contribution in [1.29, 1.82) is 0 Å². The quantitative estimate of drug-likeness (QED) is 0.452. The molecule has 158 valence electrons. The van der Waals surface area contributed by atoms with E-state index in [9.17, 15) is 19.2 Å². The van der Waals surface area contributed by atoms with Crippen molar-refractivity contribution in [3.8, 4) is 0 Å². The van der Waals surface area contributed by atoms with Gasteiger partial charge in [0.15, 0.2) is 0 Å². The molecule has 4 N–H and O–H groups in total. The van der Waals surface area contributed by atoms with E-state index in [-0.39, 0.29) is 30.6 Å². The number of carbonyl (C=O) groups excluding carboxylic acids is 3. The second-order valence-corrected chi connectivity index (χ2v) is 7.89. The minimum Gasteiger partial charge on any atom is -0.481 e. The first kappa shape index (κ1) is 23.0. The molecule has 0 aliphatic carbocycles. The van der Waals surface area contributed by atoms with Crippen LogP contribution in [-0.2, 0) is 19.2 Å². The van der Waals surface area contributed by atoms with Gasteiger partial charge in [-0.2, -0.15) is 0 Å². The largest absolute Gasteiger partial charge is 0.481 e. The average molecular weight is 429 g/mol. The van der Waals surface area contributed by atoms with Crippen LogP contribution in [0.3, 0.4) is 0 Å². The summed E-state index contributed by atoms with van der Waals surface area (Å²) in [6.07, 6.45) is -0.338. The third-order valence-corrected chi connectivity index (χ3v) is 4.93. The van der Waals surface area contributed by atoms with Gasteiger partial charge in [-0.1, -0.05) is 6.07 Å². The van der Waals surface area contributed by atoms with Crippen molar-refractivity contribution in [2.45, 2.75) is 36.8 Å². The van der Waals surface area contributed by atoms with Gasteiger partial charge >= 0.3 is 5.97 Å². The van der Waals surface area contributed by atoms with Crippen LogP contribution in [0.1, 0.15) is 26.7 Å². The summed E-state index contributed by atoms with van der Waals surface area (Å²) >= 11 is 1.33. The Balaban J connectivity index is 1.91. The highest BCUT2D eigenvalue weighted by molar-refractivity contribution is 8.00. The first-order chi connectivity index (χ1) is 14.2. The lowest BCUT2D eigenvalue weighted by Gasteiger charge is -2.13. The molecule has 0 saturated heterocycles. The maximum absolute atomic E-state index is 12.5. The second-order valence-electron chi connectivity index (χ2n) is 6.48. The van der Waals surface area contributed by atoms with Crippen molar-refractivity contribution in [1.82, 2.24) is 0 Å². The number of thioether (sulfide) groups is 1. The fourth-order valence-electron chi connectivity index (χ4n) is 2.43. The van der Waals surface area contributed by atoms with Crippen LogP contribution in [0, 0.1) is 0 Å². The van der Waals surface area contributed by atoms with E-state index in [1.165, 1.54) is 18.7 Å². The van der Waals surface area contributed by atoms with Crippen molar-refractivity contribution < 1.29 is 24.3 Å². The highest BCUT2D eigenvalue weighted by Gasteiger charge is 2.15. The number of carboxylic acids is 1. The summed E-state index contributed by atoms with van der Waals surface area (Å²) in [5, 5.41) is 16.4. The molecule has 0 fully saturated rings. The minimum absolute atomic E-state index is 0.105. The number of aliphatic carboxylic acids is 1. The van der Waals surface area contributed by atoms with E-state index >= 15 is 0 Å². The predicted octanol–water partition coefficient (Wildman–Crippen LogP) is 3.57. The first-order valence-electron chi connectivity index (χ1n) is 9.20. The van der Waals surface area contributed by atoms with Gasteiger partial charge in [-0.15, -0.1) is 11.8 Å². The molecule has 30 heavy (non-hydrogen) atoms. The van der Waals surface area contributed by atoms with Crippen molar-refractivity contribution in [2.75, 3.05) is 16.0 Å². The maximum Gasteiger partial charge on any atom is 0.303 e. The zero-order valence-electron chi connectivity index (χ0n) is 16.6. The summed E-state index contributed by atoms with van der Waals surface area (Å²) in [6, 6.07) is 13.8. The molecule has 2 aromatic carbocycles. The summed E-state index contributed by atoms with van der Waals surface area (Å²) in [6.45, 7) is 3.19. The third-order valence-electron chi connectivity index (χ3n) is 3.84. The maximum atomic E-state index is 12.5. The molecule has 0 saturated carbocycles. The number of rotatable bonds is 9. The molecule has 8 nitrogen and oxygen atoms in total. The molecule has 0 radical (unpaired) electrons. The Labute approximate surface area is 178 Å². The van der Waals surface area contributed by atoms with Gasteiger partial charge in [-0.05, 0) is 49.4 Å². The number of hydrogen-bond acceptors (Lipinski definition) is 5. The molecule has 3 amide bonds. The minimum atomic E-state index is -1.03. The van der Waals surface area contributed by atoms with Crippen molar-refractivity contribution in [2.24, 2.45) is 0 Å². The normalized spacial score (nSPS) is 11.3. The van der Waals surface area contributed by atoms with E-state index in [4.69, 9.17) is 5.11 Å². The van der Waals surface area contributed by atoms with E-state index < -0.39 is 11.2 Å². The van der Waals surface area contributed by atoms with Crippen LogP contribution in [0.15, 0.2) is 53.4 Å². The fourth-order valence-corrected chi connectivity index (χ4v) is 3.36. The molecule has 0 aliphatic heterocycles. The van der Waals surface area contributed by atoms with Crippen LogP contribution in [0.25, 0.3) is 0 Å². The number of hydrogen-bond donors (Lipinski definition) is 4. The SMILES string of the molecule is CC(=O)Nc1ccc(NC(=O)C(C)Sc2cccc(NC(=O)CCC(=O)O)c2)cc1. The van der Waals surface area contributed by atoms with Gasteiger partial charge in [0, 0.05) is 35.3 Å². The third kappa shape index (κ3) is 7.96. The smallest absolute Gasteiger partial charge is 0.303 e. The Bertz CT molecular complexity index is 930. The second kappa shape index (κ2) is 11.0. The number of carbonyl (C=O) groups is 4. The standard InChI is InChI=1S/C21H23N3O5S/c1-13(21(29)24-16-8-6-15(7-9-16)22-14(2)25)30-18-5-3-4-17(12-18)23-19(26)10-11-20(27)28/h3-9,12-13H,10-11H2,1-2H3,(H,22,25)(H,23,26)(H,24,29)(H,27,28). The van der Waals surface area contributed by atoms with Crippen molar-refractivity contribution >= 4 is 52.5 Å². The van der Waals surface area contributed by atoms with Gasteiger partial charge in [0.05, 0.1) is 11.7 Å². The van der Waals surface area contributed by atoms with E-state index in [2.05, 4.69) is 16.0 Å². The number of anilines is 3. The van der Waals surface area contributed by atoms with Crippen molar-refractivity contribution in [3.05, 3.63) is 48.5 Å². The molecule has 0 aliphatic rings. The lowest BCUT2D eigenvalue weighted by atomic mass is 10.2. The van der Waals surface area contributed by atoms with E-state index in [1.807, 2.05) is 6.07 Å². The summed E-state index contributed by atoms with van der Waals surface area (Å²) in [5.41, 5.74) is 1.79. The van der Waals surface area contributed by atoms with Crippen LogP contribution >= 0.6 is 11.8 Å². The summed E-state index contributed by atoms with van der Waals surface area (Å²) < 4.78 is 0. The van der Waals surface area contributed by atoms with Crippen LogP contribution in [0.2, 0.25) is 0 Å². The molecule has 0 spiro atoms. The molecule has 1 atom stereocenters. The van der Waals surface area contributed by atoms with Gasteiger partial charge in [-0.25, -0.2) is 0 Å². The predicted molar refractivity (Wildman–Crippen MR) is 117 cm³/mol. The summed E-state index contributed by atoms with van der Waals surface area (Å²) in [5.74, 6) is -1.77. The van der Waals surface area contributed by atoms with E-state index in [1.54, 1.807) is 49.4 Å². The highest BCUT2D eigenvalue weighted by Crippen LogP contribution is 2.27. The van der Waals surface area contributed by atoms with E-state index in [0.717, 1.165) is 4.90 Å². The lowest BCUT2D eigenvalue weighted by molar-refractivity contribution is -0.138. The van der Waals surface area contributed by atoms with Gasteiger partial charge in [0.25, 0.3) is 0 Å². The molecule has 9 heteroatoms. The number of nitrogens with one attached hydrogen (secondary N) is 3. The summed E-state index contributed by atoms with van der Waals surface area (Å²) in [4.78, 5) is 46.6. The molecule has 2 aromatic rings. The molecular weight excluding hydrogens is 406 g/mol. The van der Waals surface area contributed by atoms with Crippen LogP contribution in [0.4, 0.5) is 17.1 Å². The van der Waals surface area contributed by atoms with Gasteiger partial charge in [0.1, 0.15) is 0 Å². The molecule has 0 aromatic heterocycles. The monoisotopic (exact) mass is 429 g/mol. The van der Waals surface area contributed by atoms with Gasteiger partial charge < -0.3 is 21.1 Å². The van der Waals surface area contributed by atoms with Gasteiger partial charge in [-0.3, -0.25) is 19.2 Å². The Morgan fingerprint density at radius 3 is 2.13 bits per heavy atom. The Kier molecular flexibility index (Phi) is 8.42. The zero-order chi connectivity index (χ0) is 22.1.